The van der Waals surface area contributed by atoms with Gasteiger partial charge >= 0.3 is 0 Å². The Hall–Kier alpha value is -1.89. The number of hydrogen-bond acceptors (Lipinski definition) is 4. The van der Waals surface area contributed by atoms with E-state index in [9.17, 15) is 9.59 Å². The molecule has 1 fully saturated rings. The number of carbonyl (C=O) groups is 2. The highest BCUT2D eigenvalue weighted by molar-refractivity contribution is 5.99. The van der Waals surface area contributed by atoms with Crippen molar-refractivity contribution in [2.45, 2.75) is 51.9 Å². The van der Waals surface area contributed by atoms with Gasteiger partial charge in [-0.25, -0.2) is 0 Å². The van der Waals surface area contributed by atoms with Crippen molar-refractivity contribution >= 4 is 11.8 Å². The van der Waals surface area contributed by atoms with Crippen LogP contribution in [-0.4, -0.2) is 51.6 Å². The van der Waals surface area contributed by atoms with Crippen molar-refractivity contribution in [3.05, 3.63) is 17.0 Å². The van der Waals surface area contributed by atoms with Crippen molar-refractivity contribution in [3.8, 4) is 0 Å². The Bertz CT molecular complexity index is 622. The van der Waals surface area contributed by atoms with Crippen LogP contribution in [-0.2, 0) is 16.0 Å². The van der Waals surface area contributed by atoms with Crippen molar-refractivity contribution in [2.24, 2.45) is 0 Å². The average molecular weight is 306 g/mol. The number of aromatic amines is 1. The van der Waals surface area contributed by atoms with Gasteiger partial charge in [-0.1, -0.05) is 0 Å². The van der Waals surface area contributed by atoms with Gasteiger partial charge in [0.1, 0.15) is 5.54 Å². The molecule has 0 aliphatic carbocycles. The molecule has 2 amide bonds. The smallest absolute Gasteiger partial charge is 0.275 e. The van der Waals surface area contributed by atoms with Gasteiger partial charge < -0.3 is 15.0 Å². The third-order valence-electron chi connectivity index (χ3n) is 4.53. The second kappa shape index (κ2) is 5.08. The number of nitrogens with one attached hydrogen (secondary N) is 2. The van der Waals surface area contributed by atoms with E-state index in [4.69, 9.17) is 4.74 Å². The van der Waals surface area contributed by atoms with Crippen molar-refractivity contribution in [3.63, 3.8) is 0 Å². The number of aromatic nitrogens is 2. The lowest BCUT2D eigenvalue weighted by Gasteiger charge is -2.41. The molecule has 2 aliphatic rings. The minimum atomic E-state index is -0.871. The summed E-state index contributed by atoms with van der Waals surface area (Å²) in [4.78, 5) is 26.6. The minimum Gasteiger partial charge on any atom is -0.369 e. The van der Waals surface area contributed by atoms with Crippen LogP contribution in [0.2, 0.25) is 0 Å². The highest BCUT2D eigenvalue weighted by Gasteiger charge is 2.42. The van der Waals surface area contributed by atoms with Crippen molar-refractivity contribution < 1.29 is 14.3 Å². The van der Waals surface area contributed by atoms with Gasteiger partial charge in [-0.2, -0.15) is 5.10 Å². The van der Waals surface area contributed by atoms with E-state index in [1.165, 1.54) is 0 Å². The van der Waals surface area contributed by atoms with Gasteiger partial charge in [-0.3, -0.25) is 14.7 Å². The first kappa shape index (κ1) is 15.0. The Balaban J connectivity index is 1.95. The molecule has 2 atom stereocenters. The highest BCUT2D eigenvalue weighted by atomic mass is 16.5. The van der Waals surface area contributed by atoms with Crippen LogP contribution in [0.5, 0.6) is 0 Å². The third-order valence-corrected chi connectivity index (χ3v) is 4.53. The van der Waals surface area contributed by atoms with E-state index in [1.807, 2.05) is 13.8 Å². The molecule has 0 aromatic carbocycles. The number of rotatable bonds is 1. The molecule has 2 N–H and O–H groups in total. The molecular weight excluding hydrogens is 284 g/mol. The number of carbonyl (C=O) groups excluding carboxylic acids is 2. The van der Waals surface area contributed by atoms with Gasteiger partial charge in [-0.15, -0.1) is 0 Å². The molecule has 0 radical (unpaired) electrons. The molecule has 1 aromatic rings. The monoisotopic (exact) mass is 306 g/mol. The lowest BCUT2D eigenvalue weighted by molar-refractivity contribution is -0.133. The Kier molecular flexibility index (Phi) is 3.47. The molecule has 7 heteroatoms. The zero-order valence-corrected chi connectivity index (χ0v) is 13.4. The van der Waals surface area contributed by atoms with Gasteiger partial charge in [0, 0.05) is 25.1 Å². The molecule has 0 spiro atoms. The van der Waals surface area contributed by atoms with Gasteiger partial charge in [0.2, 0.25) is 5.91 Å². The second-order valence-electron chi connectivity index (χ2n) is 6.53. The topological polar surface area (TPSA) is 87.3 Å². The lowest BCUT2D eigenvalue weighted by Crippen LogP contribution is -2.63. The van der Waals surface area contributed by atoms with Crippen LogP contribution in [0.1, 0.15) is 55.5 Å². The van der Waals surface area contributed by atoms with Crippen molar-refractivity contribution in [2.75, 3.05) is 13.1 Å². The van der Waals surface area contributed by atoms with Crippen LogP contribution in [0, 0.1) is 0 Å². The van der Waals surface area contributed by atoms with Gasteiger partial charge in [0.15, 0.2) is 5.69 Å². The fourth-order valence-corrected chi connectivity index (χ4v) is 3.23. The first-order valence-corrected chi connectivity index (χ1v) is 7.65. The summed E-state index contributed by atoms with van der Waals surface area (Å²) in [6.07, 6.45) is 0.590. The van der Waals surface area contributed by atoms with E-state index >= 15 is 0 Å². The summed E-state index contributed by atoms with van der Waals surface area (Å²) in [6.45, 7) is 8.40. The number of piperazine rings is 1. The minimum absolute atomic E-state index is 0.0457. The molecule has 0 saturated carbocycles. The maximum absolute atomic E-state index is 12.9. The Labute approximate surface area is 129 Å². The lowest BCUT2D eigenvalue weighted by atomic mass is 9.95. The Morgan fingerprint density at radius 3 is 2.86 bits per heavy atom. The van der Waals surface area contributed by atoms with Crippen LogP contribution in [0.3, 0.4) is 0 Å². The number of ether oxygens (including phenoxy) is 1. The van der Waals surface area contributed by atoms with Crippen molar-refractivity contribution in [1.82, 2.24) is 20.4 Å². The molecule has 3 heterocycles. The fourth-order valence-electron chi connectivity index (χ4n) is 3.23. The average Bonchev–Trinajstić information content (AvgIpc) is 2.85. The zero-order chi connectivity index (χ0) is 16.1. The fraction of sp³-hybridized carbons (Fsp3) is 0.667. The summed E-state index contributed by atoms with van der Waals surface area (Å²) in [6, 6.07) is 0. The standard InChI is InChI=1S/C15H22N4O3/c1-8-7-10-11(9(2)22-8)17-18-12(10)13(20)19-6-5-16-14(21)15(19,3)4/h8-9H,5-7H2,1-4H3,(H,16,21)(H,17,18)/t8-,9+/m1/s1. The molecule has 120 valence electrons. The largest absolute Gasteiger partial charge is 0.369 e. The molecule has 2 aliphatic heterocycles. The summed E-state index contributed by atoms with van der Waals surface area (Å²) < 4.78 is 5.75. The van der Waals surface area contributed by atoms with E-state index in [0.717, 1.165) is 11.3 Å². The summed E-state index contributed by atoms with van der Waals surface area (Å²) in [7, 11) is 0. The predicted octanol–water partition coefficient (Wildman–Crippen LogP) is 0.782. The SMILES string of the molecule is C[C@@H]1Cc2c(C(=O)N3CCNC(=O)C3(C)C)n[nH]c2[C@H](C)O1. The van der Waals surface area contributed by atoms with Crippen LogP contribution in [0.25, 0.3) is 0 Å². The zero-order valence-electron chi connectivity index (χ0n) is 13.4. The number of amides is 2. The second-order valence-corrected chi connectivity index (χ2v) is 6.53. The van der Waals surface area contributed by atoms with Crippen LogP contribution in [0.15, 0.2) is 0 Å². The summed E-state index contributed by atoms with van der Waals surface area (Å²) in [5, 5.41) is 9.95. The molecule has 1 saturated heterocycles. The van der Waals surface area contributed by atoms with Crippen LogP contribution < -0.4 is 5.32 Å². The predicted molar refractivity (Wildman–Crippen MR) is 79.4 cm³/mol. The Morgan fingerprint density at radius 2 is 2.14 bits per heavy atom. The van der Waals surface area contributed by atoms with E-state index in [0.29, 0.717) is 25.2 Å². The first-order valence-electron chi connectivity index (χ1n) is 7.65. The number of fused-ring (bicyclic) bond motifs is 1. The maximum atomic E-state index is 12.9. The van der Waals surface area contributed by atoms with Crippen LogP contribution in [0.4, 0.5) is 0 Å². The maximum Gasteiger partial charge on any atom is 0.275 e. The molecule has 7 nitrogen and oxygen atoms in total. The number of hydrogen-bond donors (Lipinski definition) is 2. The van der Waals surface area contributed by atoms with Gasteiger partial charge in [0.05, 0.1) is 17.9 Å². The Morgan fingerprint density at radius 1 is 1.41 bits per heavy atom. The molecule has 0 unspecified atom stereocenters. The quantitative estimate of drug-likeness (QED) is 0.803. The third kappa shape index (κ3) is 2.20. The van der Waals surface area contributed by atoms with E-state index in [-0.39, 0.29) is 24.0 Å². The molecule has 22 heavy (non-hydrogen) atoms. The molecular formula is C15H22N4O3. The molecule has 3 rings (SSSR count). The first-order chi connectivity index (χ1) is 10.3. The number of nitrogens with zero attached hydrogens (tertiary/aromatic N) is 2. The normalized spacial score (nSPS) is 27.3. The number of H-pyrrole nitrogens is 1. The van der Waals surface area contributed by atoms with Crippen LogP contribution >= 0.6 is 0 Å². The van der Waals surface area contributed by atoms with Gasteiger partial charge in [0.25, 0.3) is 5.91 Å². The van der Waals surface area contributed by atoms with E-state index in [2.05, 4.69) is 15.5 Å². The summed E-state index contributed by atoms with van der Waals surface area (Å²) in [5.41, 5.74) is 1.32. The molecule has 0 bridgehead atoms. The highest BCUT2D eigenvalue weighted by Crippen LogP contribution is 2.31. The van der Waals surface area contributed by atoms with E-state index < -0.39 is 5.54 Å². The van der Waals surface area contributed by atoms with E-state index in [1.54, 1.807) is 18.7 Å². The summed E-state index contributed by atoms with van der Waals surface area (Å²) >= 11 is 0. The molecule has 1 aromatic heterocycles. The summed E-state index contributed by atoms with van der Waals surface area (Å²) in [5.74, 6) is -0.333. The van der Waals surface area contributed by atoms with Gasteiger partial charge in [-0.05, 0) is 27.7 Å². The van der Waals surface area contributed by atoms with Crippen molar-refractivity contribution in [1.29, 1.82) is 0 Å².